The molecule has 1 fully saturated rings. The zero-order valence-electron chi connectivity index (χ0n) is 9.11. The Morgan fingerprint density at radius 2 is 2.00 bits per heavy atom. The lowest BCUT2D eigenvalue weighted by atomic mass is 9.93. The summed E-state index contributed by atoms with van der Waals surface area (Å²) in [4.78, 5) is 0. The van der Waals surface area contributed by atoms with E-state index in [1.807, 2.05) is 18.2 Å². The van der Waals surface area contributed by atoms with Gasteiger partial charge in [-0.05, 0) is 18.4 Å². The van der Waals surface area contributed by atoms with Crippen molar-refractivity contribution in [1.82, 2.24) is 5.32 Å². The summed E-state index contributed by atoms with van der Waals surface area (Å²) in [5.41, 5.74) is 1.25. The van der Waals surface area contributed by atoms with Gasteiger partial charge in [0.2, 0.25) is 0 Å². The van der Waals surface area contributed by atoms with Crippen LogP contribution in [-0.2, 0) is 11.3 Å². The lowest BCUT2D eigenvalue weighted by molar-refractivity contribution is 0.117. The second-order valence-corrected chi connectivity index (χ2v) is 4.12. The number of hydrogen-bond acceptors (Lipinski definition) is 2. The predicted octanol–water partition coefficient (Wildman–Crippen LogP) is 2.35. The van der Waals surface area contributed by atoms with Crippen LogP contribution in [-0.4, -0.2) is 19.2 Å². The molecule has 82 valence electrons. The van der Waals surface area contributed by atoms with E-state index in [1.165, 1.54) is 24.8 Å². The highest BCUT2D eigenvalue weighted by Crippen LogP contribution is 2.17. The van der Waals surface area contributed by atoms with Gasteiger partial charge in [-0.2, -0.15) is 0 Å². The van der Waals surface area contributed by atoms with E-state index in [4.69, 9.17) is 4.74 Å². The van der Waals surface area contributed by atoms with Gasteiger partial charge in [0.1, 0.15) is 0 Å². The average molecular weight is 205 g/mol. The van der Waals surface area contributed by atoms with E-state index in [9.17, 15) is 0 Å². The summed E-state index contributed by atoms with van der Waals surface area (Å²) < 4.78 is 5.58. The molecule has 2 rings (SSSR count). The van der Waals surface area contributed by atoms with Crippen LogP contribution in [0, 0.1) is 0 Å². The van der Waals surface area contributed by atoms with Crippen molar-refractivity contribution in [3.05, 3.63) is 35.9 Å². The average Bonchev–Trinajstić information content (AvgIpc) is 2.22. The largest absolute Gasteiger partial charge is 0.375 e. The smallest absolute Gasteiger partial charge is 0.0717 e. The highest BCUT2D eigenvalue weighted by Gasteiger charge is 2.15. The number of nitrogens with one attached hydrogen (secondary N) is 1. The molecule has 0 aliphatic heterocycles. The minimum absolute atomic E-state index is 0.729. The molecule has 0 unspecified atom stereocenters. The lowest BCUT2D eigenvalue weighted by Gasteiger charge is -2.26. The van der Waals surface area contributed by atoms with Crippen molar-refractivity contribution in [3.63, 3.8) is 0 Å². The molecule has 1 N–H and O–H groups in total. The number of rotatable bonds is 6. The molecule has 1 aliphatic carbocycles. The zero-order valence-corrected chi connectivity index (χ0v) is 9.11. The van der Waals surface area contributed by atoms with Gasteiger partial charge in [0.15, 0.2) is 0 Å². The topological polar surface area (TPSA) is 21.3 Å². The van der Waals surface area contributed by atoms with Gasteiger partial charge in [0.05, 0.1) is 13.2 Å². The van der Waals surface area contributed by atoms with Crippen molar-refractivity contribution in [3.8, 4) is 0 Å². The van der Waals surface area contributed by atoms with Gasteiger partial charge in [0, 0.05) is 12.6 Å². The van der Waals surface area contributed by atoms with Crippen LogP contribution < -0.4 is 5.32 Å². The van der Waals surface area contributed by atoms with E-state index in [-0.39, 0.29) is 0 Å². The van der Waals surface area contributed by atoms with Gasteiger partial charge in [0.25, 0.3) is 0 Å². The summed E-state index contributed by atoms with van der Waals surface area (Å²) in [7, 11) is 0. The first-order valence-corrected chi connectivity index (χ1v) is 5.80. The molecule has 0 saturated heterocycles. The van der Waals surface area contributed by atoms with Crippen molar-refractivity contribution in [1.29, 1.82) is 0 Å². The fourth-order valence-electron chi connectivity index (χ4n) is 1.71. The molecule has 2 heteroatoms. The molecule has 0 aromatic heterocycles. The normalized spacial score (nSPS) is 16.3. The molecule has 15 heavy (non-hydrogen) atoms. The van der Waals surface area contributed by atoms with Gasteiger partial charge >= 0.3 is 0 Å². The van der Waals surface area contributed by atoms with E-state index in [2.05, 4.69) is 17.4 Å². The number of ether oxygens (including phenoxy) is 1. The number of hydrogen-bond donors (Lipinski definition) is 1. The fraction of sp³-hybridized carbons (Fsp3) is 0.538. The summed E-state index contributed by atoms with van der Waals surface area (Å²) in [6.07, 6.45) is 4.08. The standard InChI is InChI=1S/C13H19NO/c1-2-5-12(6-3-1)11-15-10-9-14-13-7-4-8-13/h1-3,5-6,13-14H,4,7-11H2. The second-order valence-electron chi connectivity index (χ2n) is 4.12. The Morgan fingerprint density at radius 3 is 2.67 bits per heavy atom. The maximum Gasteiger partial charge on any atom is 0.0717 e. The SMILES string of the molecule is c1ccc(COCCNC2CCC2)cc1. The van der Waals surface area contributed by atoms with E-state index in [1.54, 1.807) is 0 Å². The molecule has 1 saturated carbocycles. The third-order valence-electron chi connectivity index (χ3n) is 2.90. The van der Waals surface area contributed by atoms with Crippen LogP contribution in [0.1, 0.15) is 24.8 Å². The van der Waals surface area contributed by atoms with Crippen LogP contribution in [0.25, 0.3) is 0 Å². The van der Waals surface area contributed by atoms with Crippen LogP contribution in [0.2, 0.25) is 0 Å². The predicted molar refractivity (Wildman–Crippen MR) is 61.7 cm³/mol. The zero-order chi connectivity index (χ0) is 10.3. The van der Waals surface area contributed by atoms with Crippen molar-refractivity contribution in [2.45, 2.75) is 31.9 Å². The Hall–Kier alpha value is -0.860. The summed E-state index contributed by atoms with van der Waals surface area (Å²) >= 11 is 0. The maximum absolute atomic E-state index is 5.58. The van der Waals surface area contributed by atoms with Crippen LogP contribution >= 0.6 is 0 Å². The second kappa shape index (κ2) is 5.89. The molecular weight excluding hydrogens is 186 g/mol. The molecule has 0 amide bonds. The number of benzene rings is 1. The third kappa shape index (κ3) is 3.65. The van der Waals surface area contributed by atoms with Crippen LogP contribution in [0.3, 0.4) is 0 Å². The summed E-state index contributed by atoms with van der Waals surface area (Å²) in [6, 6.07) is 11.1. The van der Waals surface area contributed by atoms with E-state index >= 15 is 0 Å². The van der Waals surface area contributed by atoms with E-state index < -0.39 is 0 Å². The monoisotopic (exact) mass is 205 g/mol. The maximum atomic E-state index is 5.58. The Bertz CT molecular complexity index is 269. The van der Waals surface area contributed by atoms with E-state index in [0.717, 1.165) is 25.8 Å². The van der Waals surface area contributed by atoms with Crippen molar-refractivity contribution >= 4 is 0 Å². The highest BCUT2D eigenvalue weighted by atomic mass is 16.5. The molecular formula is C13H19NO. The fourth-order valence-corrected chi connectivity index (χ4v) is 1.71. The first kappa shape index (κ1) is 10.7. The molecule has 1 aliphatic rings. The van der Waals surface area contributed by atoms with Gasteiger partial charge in [-0.3, -0.25) is 0 Å². The summed E-state index contributed by atoms with van der Waals surface area (Å²) in [5, 5.41) is 3.48. The van der Waals surface area contributed by atoms with Gasteiger partial charge in [-0.25, -0.2) is 0 Å². The van der Waals surface area contributed by atoms with Crippen LogP contribution in [0.5, 0.6) is 0 Å². The van der Waals surface area contributed by atoms with Crippen LogP contribution in [0.15, 0.2) is 30.3 Å². The first-order valence-electron chi connectivity index (χ1n) is 5.80. The molecule has 0 radical (unpaired) electrons. The van der Waals surface area contributed by atoms with Crippen molar-refractivity contribution < 1.29 is 4.74 Å². The third-order valence-corrected chi connectivity index (χ3v) is 2.90. The highest BCUT2D eigenvalue weighted by molar-refractivity contribution is 5.13. The quantitative estimate of drug-likeness (QED) is 0.720. The Morgan fingerprint density at radius 1 is 1.20 bits per heavy atom. The van der Waals surface area contributed by atoms with Crippen molar-refractivity contribution in [2.75, 3.05) is 13.2 Å². The van der Waals surface area contributed by atoms with Gasteiger partial charge in [-0.15, -0.1) is 0 Å². The molecule has 0 spiro atoms. The first-order chi connectivity index (χ1) is 7.45. The Labute approximate surface area is 91.6 Å². The Balaban J connectivity index is 1.51. The van der Waals surface area contributed by atoms with Crippen LogP contribution in [0.4, 0.5) is 0 Å². The van der Waals surface area contributed by atoms with Gasteiger partial charge in [-0.1, -0.05) is 36.8 Å². The van der Waals surface area contributed by atoms with Gasteiger partial charge < -0.3 is 10.1 Å². The molecule has 0 heterocycles. The molecule has 0 bridgehead atoms. The van der Waals surface area contributed by atoms with Crippen molar-refractivity contribution in [2.24, 2.45) is 0 Å². The summed E-state index contributed by atoms with van der Waals surface area (Å²) in [5.74, 6) is 0. The molecule has 1 aromatic carbocycles. The molecule has 1 aromatic rings. The van der Waals surface area contributed by atoms with E-state index in [0.29, 0.717) is 0 Å². The lowest BCUT2D eigenvalue weighted by Crippen LogP contribution is -2.37. The summed E-state index contributed by atoms with van der Waals surface area (Å²) in [6.45, 7) is 2.52. The minimum atomic E-state index is 0.729. The molecule has 2 nitrogen and oxygen atoms in total. The molecule has 0 atom stereocenters. The Kier molecular flexibility index (Phi) is 4.18. The minimum Gasteiger partial charge on any atom is -0.375 e.